The van der Waals surface area contributed by atoms with Crippen molar-refractivity contribution in [3.05, 3.63) is 34.9 Å². The van der Waals surface area contributed by atoms with Crippen molar-refractivity contribution in [1.29, 1.82) is 0 Å². The highest BCUT2D eigenvalue weighted by Crippen LogP contribution is 2.25. The summed E-state index contributed by atoms with van der Waals surface area (Å²) in [4.78, 5) is 23.6. The highest BCUT2D eigenvalue weighted by Gasteiger charge is 2.36. The van der Waals surface area contributed by atoms with E-state index in [1.807, 2.05) is 32.0 Å². The first-order valence-corrected chi connectivity index (χ1v) is 7.11. The lowest BCUT2D eigenvalue weighted by atomic mass is 9.86. The van der Waals surface area contributed by atoms with E-state index in [1.54, 1.807) is 0 Å². The summed E-state index contributed by atoms with van der Waals surface area (Å²) in [6.45, 7) is 4.75. The fourth-order valence-electron chi connectivity index (χ4n) is 2.69. The molecule has 2 N–H and O–H groups in total. The fraction of sp³-hybridized carbons (Fsp3) is 0.500. The van der Waals surface area contributed by atoms with E-state index in [0.717, 1.165) is 11.1 Å². The minimum Gasteiger partial charge on any atom is -0.481 e. The van der Waals surface area contributed by atoms with Crippen LogP contribution in [0.15, 0.2) is 18.2 Å². The molecule has 0 atom stereocenters. The summed E-state index contributed by atoms with van der Waals surface area (Å²) in [5.74, 6) is -1.11. The van der Waals surface area contributed by atoms with Crippen LogP contribution in [-0.4, -0.2) is 35.7 Å². The Morgan fingerprint density at radius 1 is 1.29 bits per heavy atom. The summed E-state index contributed by atoms with van der Waals surface area (Å²) in [7, 11) is 0. The van der Waals surface area contributed by atoms with Gasteiger partial charge in [-0.1, -0.05) is 17.7 Å². The number of aliphatic carboxylic acids is 1. The normalized spacial score (nSPS) is 17.2. The first-order valence-electron chi connectivity index (χ1n) is 7.11. The van der Waals surface area contributed by atoms with Gasteiger partial charge in [-0.25, -0.2) is 0 Å². The molecule has 5 nitrogen and oxygen atoms in total. The maximum atomic E-state index is 12.5. The quantitative estimate of drug-likeness (QED) is 0.890. The van der Waals surface area contributed by atoms with E-state index in [0.29, 0.717) is 31.6 Å². The SMILES string of the molecule is Cc1ccc(C)c(C(=O)NC2(CC(=O)O)CCOCC2)c1. The lowest BCUT2D eigenvalue weighted by Crippen LogP contribution is -2.53. The predicted octanol–water partition coefficient (Wildman–Crippen LogP) is 2.06. The topological polar surface area (TPSA) is 75.6 Å². The lowest BCUT2D eigenvalue weighted by molar-refractivity contribution is -0.139. The predicted molar refractivity (Wildman–Crippen MR) is 78.4 cm³/mol. The van der Waals surface area contributed by atoms with Crippen LogP contribution in [0, 0.1) is 13.8 Å². The second-order valence-corrected chi connectivity index (χ2v) is 5.74. The van der Waals surface area contributed by atoms with E-state index in [-0.39, 0.29) is 12.3 Å². The molecule has 1 fully saturated rings. The molecule has 1 aromatic rings. The molecular formula is C16H21NO4. The molecule has 5 heteroatoms. The van der Waals surface area contributed by atoms with Crippen molar-refractivity contribution in [2.75, 3.05) is 13.2 Å². The summed E-state index contributed by atoms with van der Waals surface area (Å²) in [6.07, 6.45) is 0.971. The average molecular weight is 291 g/mol. The molecule has 2 rings (SSSR count). The van der Waals surface area contributed by atoms with Crippen molar-refractivity contribution in [3.8, 4) is 0 Å². The van der Waals surface area contributed by atoms with Crippen molar-refractivity contribution in [3.63, 3.8) is 0 Å². The van der Waals surface area contributed by atoms with E-state index in [9.17, 15) is 9.59 Å². The third-order valence-electron chi connectivity index (χ3n) is 3.96. The summed E-state index contributed by atoms with van der Waals surface area (Å²) in [5, 5.41) is 12.1. The molecule has 114 valence electrons. The Morgan fingerprint density at radius 3 is 2.57 bits per heavy atom. The number of rotatable bonds is 4. The van der Waals surface area contributed by atoms with Crippen LogP contribution in [0.5, 0.6) is 0 Å². The number of carbonyl (C=O) groups is 2. The smallest absolute Gasteiger partial charge is 0.305 e. The molecule has 1 heterocycles. The van der Waals surface area contributed by atoms with Gasteiger partial charge in [-0.3, -0.25) is 9.59 Å². The van der Waals surface area contributed by atoms with Gasteiger partial charge in [-0.15, -0.1) is 0 Å². The van der Waals surface area contributed by atoms with Gasteiger partial charge >= 0.3 is 5.97 Å². The molecule has 21 heavy (non-hydrogen) atoms. The minimum atomic E-state index is -0.904. The number of carbonyl (C=O) groups excluding carboxylic acids is 1. The number of benzene rings is 1. The van der Waals surface area contributed by atoms with Gasteiger partial charge in [0.2, 0.25) is 0 Å². The zero-order valence-electron chi connectivity index (χ0n) is 12.4. The van der Waals surface area contributed by atoms with E-state index < -0.39 is 11.5 Å². The largest absolute Gasteiger partial charge is 0.481 e. The molecule has 1 amide bonds. The Balaban J connectivity index is 2.21. The number of carboxylic acids is 1. The minimum absolute atomic E-state index is 0.0764. The Morgan fingerprint density at radius 2 is 1.95 bits per heavy atom. The van der Waals surface area contributed by atoms with E-state index in [2.05, 4.69) is 5.32 Å². The number of hydrogen-bond acceptors (Lipinski definition) is 3. The summed E-state index contributed by atoms with van der Waals surface area (Å²) in [5.41, 5.74) is 1.78. The lowest BCUT2D eigenvalue weighted by Gasteiger charge is -2.37. The van der Waals surface area contributed by atoms with Gasteiger partial charge in [0.15, 0.2) is 0 Å². The van der Waals surface area contributed by atoms with Crippen LogP contribution in [0.1, 0.15) is 40.7 Å². The summed E-state index contributed by atoms with van der Waals surface area (Å²) in [6, 6.07) is 5.68. The molecule has 0 bridgehead atoms. The molecule has 1 saturated heterocycles. The number of nitrogens with one attached hydrogen (secondary N) is 1. The molecule has 0 unspecified atom stereocenters. The molecule has 1 aromatic carbocycles. The number of ether oxygens (including phenoxy) is 1. The molecule has 0 aromatic heterocycles. The average Bonchev–Trinajstić information content (AvgIpc) is 2.41. The maximum absolute atomic E-state index is 12.5. The van der Waals surface area contributed by atoms with Gasteiger partial charge in [0, 0.05) is 18.8 Å². The Bertz CT molecular complexity index is 547. The molecule has 0 saturated carbocycles. The Labute approximate surface area is 124 Å². The van der Waals surface area contributed by atoms with Gasteiger partial charge in [0.25, 0.3) is 5.91 Å². The van der Waals surface area contributed by atoms with Crippen LogP contribution in [0.3, 0.4) is 0 Å². The van der Waals surface area contributed by atoms with Gasteiger partial charge in [0.1, 0.15) is 0 Å². The Kier molecular flexibility index (Phi) is 4.63. The molecule has 0 radical (unpaired) electrons. The molecular weight excluding hydrogens is 270 g/mol. The standard InChI is InChI=1S/C16H21NO4/c1-11-3-4-12(2)13(9-11)15(20)17-16(10-14(18)19)5-7-21-8-6-16/h3-4,9H,5-8,10H2,1-2H3,(H,17,20)(H,18,19). The van der Waals surface area contributed by atoms with Gasteiger partial charge in [-0.05, 0) is 38.3 Å². The third-order valence-corrected chi connectivity index (χ3v) is 3.96. The first-order chi connectivity index (χ1) is 9.92. The van der Waals surface area contributed by atoms with Crippen LogP contribution in [0.25, 0.3) is 0 Å². The van der Waals surface area contributed by atoms with Crippen LogP contribution >= 0.6 is 0 Å². The van der Waals surface area contributed by atoms with E-state index in [1.165, 1.54) is 0 Å². The molecule has 0 aliphatic carbocycles. The number of hydrogen-bond donors (Lipinski definition) is 2. The maximum Gasteiger partial charge on any atom is 0.305 e. The number of amides is 1. The first kappa shape index (κ1) is 15.5. The van der Waals surface area contributed by atoms with Crippen LogP contribution in [0.2, 0.25) is 0 Å². The second kappa shape index (κ2) is 6.26. The van der Waals surface area contributed by atoms with Gasteiger partial charge in [0.05, 0.1) is 12.0 Å². The highest BCUT2D eigenvalue weighted by atomic mass is 16.5. The van der Waals surface area contributed by atoms with Crippen molar-refractivity contribution >= 4 is 11.9 Å². The van der Waals surface area contributed by atoms with Crippen LogP contribution < -0.4 is 5.32 Å². The van der Waals surface area contributed by atoms with Gasteiger partial charge < -0.3 is 15.2 Å². The number of carboxylic acid groups (broad SMARTS) is 1. The highest BCUT2D eigenvalue weighted by molar-refractivity contribution is 5.96. The molecule has 1 aliphatic heterocycles. The van der Waals surface area contributed by atoms with E-state index >= 15 is 0 Å². The van der Waals surface area contributed by atoms with Crippen molar-refractivity contribution in [2.45, 2.75) is 38.6 Å². The zero-order chi connectivity index (χ0) is 15.5. The second-order valence-electron chi connectivity index (χ2n) is 5.74. The van der Waals surface area contributed by atoms with Gasteiger partial charge in [-0.2, -0.15) is 0 Å². The van der Waals surface area contributed by atoms with Crippen LogP contribution in [-0.2, 0) is 9.53 Å². The molecule has 1 aliphatic rings. The van der Waals surface area contributed by atoms with Crippen molar-refractivity contribution < 1.29 is 19.4 Å². The zero-order valence-corrected chi connectivity index (χ0v) is 12.4. The third kappa shape index (κ3) is 3.82. The summed E-state index contributed by atoms with van der Waals surface area (Å²) < 4.78 is 5.29. The number of aryl methyl sites for hydroxylation is 2. The van der Waals surface area contributed by atoms with Crippen molar-refractivity contribution in [2.24, 2.45) is 0 Å². The van der Waals surface area contributed by atoms with E-state index in [4.69, 9.17) is 9.84 Å². The monoisotopic (exact) mass is 291 g/mol. The Hall–Kier alpha value is -1.88. The molecule has 0 spiro atoms. The summed E-state index contributed by atoms with van der Waals surface area (Å²) >= 11 is 0. The van der Waals surface area contributed by atoms with Crippen molar-refractivity contribution in [1.82, 2.24) is 5.32 Å². The fourth-order valence-corrected chi connectivity index (χ4v) is 2.69. The van der Waals surface area contributed by atoms with Crippen LogP contribution in [0.4, 0.5) is 0 Å².